The molecule has 0 spiro atoms. The molecule has 1 saturated heterocycles. The lowest BCUT2D eigenvalue weighted by atomic mass is 9.73. The average molecular weight is 393 g/mol. The van der Waals surface area contributed by atoms with Crippen LogP contribution in [0, 0.1) is 12.3 Å². The zero-order valence-corrected chi connectivity index (χ0v) is 17.8. The van der Waals surface area contributed by atoms with E-state index in [2.05, 4.69) is 46.2 Å². The first-order valence-corrected chi connectivity index (χ1v) is 11.0. The van der Waals surface area contributed by atoms with Gasteiger partial charge < -0.3 is 15.2 Å². The molecule has 0 radical (unpaired) electrons. The predicted molar refractivity (Wildman–Crippen MR) is 118 cm³/mol. The molecule has 1 aliphatic carbocycles. The molecule has 2 aliphatic rings. The topological polar surface area (TPSA) is 51.4 Å². The second-order valence-corrected chi connectivity index (χ2v) is 8.32. The quantitative estimate of drug-likeness (QED) is 0.763. The van der Waals surface area contributed by atoms with Crippen LogP contribution < -0.4 is 5.32 Å². The van der Waals surface area contributed by atoms with Crippen molar-refractivity contribution in [2.24, 2.45) is 0 Å². The van der Waals surface area contributed by atoms with Crippen LogP contribution in [0.1, 0.15) is 56.4 Å². The molecule has 2 heterocycles. The molecule has 4 rings (SSSR count). The minimum Gasteiger partial charge on any atom is -0.348 e. The Hall–Kier alpha value is -2.45. The molecule has 2 amide bonds. The van der Waals surface area contributed by atoms with Crippen molar-refractivity contribution < 1.29 is 4.79 Å². The molecule has 1 unspecified atom stereocenters. The highest BCUT2D eigenvalue weighted by atomic mass is 16.2. The number of rotatable bonds is 5. The number of carbonyl (C=O) groups is 1. The molecule has 5 nitrogen and oxygen atoms in total. The predicted octanol–water partition coefficient (Wildman–Crippen LogP) is 3.69. The number of amides is 2. The number of benzene rings is 1. The fourth-order valence-electron chi connectivity index (χ4n) is 5.43. The number of aromatic amines is 1. The number of carbonyl (C=O) groups excluding carboxylic acids is 1. The van der Waals surface area contributed by atoms with E-state index < -0.39 is 0 Å². The highest BCUT2D eigenvalue weighted by Crippen LogP contribution is 2.44. The van der Waals surface area contributed by atoms with Crippen molar-refractivity contribution >= 4 is 16.9 Å². The van der Waals surface area contributed by atoms with E-state index in [9.17, 15) is 4.79 Å². The third-order valence-electron chi connectivity index (χ3n) is 6.73. The van der Waals surface area contributed by atoms with Crippen molar-refractivity contribution in [2.75, 3.05) is 26.2 Å². The Bertz CT molecular complexity index is 936. The van der Waals surface area contributed by atoms with E-state index in [0.29, 0.717) is 12.0 Å². The lowest BCUT2D eigenvalue weighted by molar-refractivity contribution is 0.0979. The van der Waals surface area contributed by atoms with Gasteiger partial charge in [-0.1, -0.05) is 25.0 Å². The lowest BCUT2D eigenvalue weighted by Crippen LogP contribution is -2.57. The number of fused-ring (bicyclic) bond motifs is 2. The van der Waals surface area contributed by atoms with Crippen molar-refractivity contribution in [3.63, 3.8) is 0 Å². The summed E-state index contributed by atoms with van der Waals surface area (Å²) in [5, 5.41) is 4.63. The molecular weight excluding hydrogens is 360 g/mol. The van der Waals surface area contributed by atoms with E-state index in [1.165, 1.54) is 16.5 Å². The first-order valence-electron chi connectivity index (χ1n) is 11.0. The number of hydrogen-bond donors (Lipinski definition) is 2. The van der Waals surface area contributed by atoms with Crippen molar-refractivity contribution in [1.29, 1.82) is 0 Å². The van der Waals surface area contributed by atoms with E-state index in [0.717, 1.165) is 56.7 Å². The first-order chi connectivity index (χ1) is 14.1. The molecule has 5 heteroatoms. The Labute approximate surface area is 173 Å². The molecule has 1 aliphatic heterocycles. The summed E-state index contributed by atoms with van der Waals surface area (Å²) in [5.41, 5.74) is 4.75. The summed E-state index contributed by atoms with van der Waals surface area (Å²) >= 11 is 0. The Balaban J connectivity index is 1.68. The lowest BCUT2D eigenvalue weighted by Gasteiger charge is -2.47. The van der Waals surface area contributed by atoms with Crippen LogP contribution in [0.4, 0.5) is 4.79 Å². The van der Waals surface area contributed by atoms with Gasteiger partial charge in [-0.05, 0) is 56.8 Å². The molecule has 0 saturated carbocycles. The molecule has 3 atom stereocenters. The molecule has 2 aromatic rings. The maximum atomic E-state index is 12.7. The Kier molecular flexibility index (Phi) is 5.56. The Morgan fingerprint density at radius 1 is 1.34 bits per heavy atom. The summed E-state index contributed by atoms with van der Waals surface area (Å²) in [7, 11) is 0. The SMILES string of the molecule is C#Cc1[nH]c2cccc3c2c1C[C@@H]1C3C[C@H](NC(=O)N(CC)CC)CN1CCC. The number of aromatic nitrogens is 1. The van der Waals surface area contributed by atoms with Gasteiger partial charge >= 0.3 is 6.03 Å². The maximum Gasteiger partial charge on any atom is 0.317 e. The first kappa shape index (κ1) is 19.8. The van der Waals surface area contributed by atoms with Gasteiger partial charge in [0.2, 0.25) is 0 Å². The summed E-state index contributed by atoms with van der Waals surface area (Å²) in [6.45, 7) is 9.71. The average Bonchev–Trinajstić information content (AvgIpc) is 3.09. The minimum atomic E-state index is 0.0564. The molecule has 2 N–H and O–H groups in total. The van der Waals surface area contributed by atoms with Gasteiger partial charge in [0.1, 0.15) is 0 Å². The zero-order chi connectivity index (χ0) is 20.5. The number of nitrogens with zero attached hydrogens (tertiary/aromatic N) is 2. The molecule has 29 heavy (non-hydrogen) atoms. The highest BCUT2D eigenvalue weighted by molar-refractivity contribution is 5.90. The normalized spacial score (nSPS) is 23.4. The molecule has 154 valence electrons. The number of H-pyrrole nitrogens is 1. The van der Waals surface area contributed by atoms with Crippen LogP contribution in [0.25, 0.3) is 10.9 Å². The third-order valence-corrected chi connectivity index (χ3v) is 6.73. The van der Waals surface area contributed by atoms with E-state index in [1.807, 2.05) is 18.7 Å². The Morgan fingerprint density at radius 2 is 2.14 bits per heavy atom. The molecule has 1 fully saturated rings. The summed E-state index contributed by atoms with van der Waals surface area (Å²) in [6, 6.07) is 7.17. The van der Waals surface area contributed by atoms with Gasteiger partial charge in [-0.15, -0.1) is 6.42 Å². The summed E-state index contributed by atoms with van der Waals surface area (Å²) < 4.78 is 0. The van der Waals surface area contributed by atoms with Crippen molar-refractivity contribution in [3.8, 4) is 12.3 Å². The number of nitrogens with one attached hydrogen (secondary N) is 2. The standard InChI is InChI=1S/C24H32N4O/c1-5-12-28-15-16(25-24(29)27(7-3)8-4)13-18-17-10-9-11-21-23(17)19(14-22(18)28)20(6-2)26-21/h2,9-11,16,18,22,26H,5,7-8,12-15H2,1,3-4H3,(H,25,29)/t16-,18?,22+/m0/s1. The summed E-state index contributed by atoms with van der Waals surface area (Å²) in [4.78, 5) is 20.6. The van der Waals surface area contributed by atoms with Crippen LogP contribution in [-0.4, -0.2) is 59.1 Å². The van der Waals surface area contributed by atoms with Crippen LogP contribution in [0.3, 0.4) is 0 Å². The van der Waals surface area contributed by atoms with E-state index in [4.69, 9.17) is 6.42 Å². The fourth-order valence-corrected chi connectivity index (χ4v) is 5.43. The fraction of sp³-hybridized carbons (Fsp3) is 0.542. The number of urea groups is 1. The number of terminal acetylenes is 1. The van der Waals surface area contributed by atoms with Gasteiger partial charge in [0.05, 0.1) is 5.69 Å². The molecule has 0 bridgehead atoms. The summed E-state index contributed by atoms with van der Waals surface area (Å²) in [5.74, 6) is 3.27. The number of likely N-dealkylation sites (tertiary alicyclic amines) is 1. The monoisotopic (exact) mass is 392 g/mol. The smallest absolute Gasteiger partial charge is 0.317 e. The minimum absolute atomic E-state index is 0.0564. The maximum absolute atomic E-state index is 12.7. The van der Waals surface area contributed by atoms with Gasteiger partial charge in [0.25, 0.3) is 0 Å². The molecular formula is C24H32N4O. The van der Waals surface area contributed by atoms with E-state index in [-0.39, 0.29) is 12.1 Å². The van der Waals surface area contributed by atoms with Gasteiger partial charge in [0, 0.05) is 48.5 Å². The summed E-state index contributed by atoms with van der Waals surface area (Å²) in [6.07, 6.45) is 8.88. The van der Waals surface area contributed by atoms with Crippen LogP contribution in [0.5, 0.6) is 0 Å². The van der Waals surface area contributed by atoms with E-state index >= 15 is 0 Å². The second kappa shape index (κ2) is 8.12. The van der Waals surface area contributed by atoms with Gasteiger partial charge in [0.15, 0.2) is 0 Å². The Morgan fingerprint density at radius 3 is 2.83 bits per heavy atom. The molecule has 1 aromatic heterocycles. The van der Waals surface area contributed by atoms with Gasteiger partial charge in [-0.3, -0.25) is 4.90 Å². The van der Waals surface area contributed by atoms with Crippen LogP contribution in [0.2, 0.25) is 0 Å². The van der Waals surface area contributed by atoms with Gasteiger partial charge in [-0.2, -0.15) is 0 Å². The van der Waals surface area contributed by atoms with Crippen molar-refractivity contribution in [2.45, 2.75) is 58.0 Å². The third kappa shape index (κ3) is 3.40. The number of hydrogen-bond acceptors (Lipinski definition) is 2. The van der Waals surface area contributed by atoms with Crippen molar-refractivity contribution in [3.05, 3.63) is 35.0 Å². The van der Waals surface area contributed by atoms with Crippen LogP contribution in [0.15, 0.2) is 18.2 Å². The molecule has 1 aromatic carbocycles. The second-order valence-electron chi connectivity index (χ2n) is 8.32. The van der Waals surface area contributed by atoms with Gasteiger partial charge in [-0.25, -0.2) is 4.79 Å². The largest absolute Gasteiger partial charge is 0.348 e. The number of piperidine rings is 1. The zero-order valence-electron chi connectivity index (χ0n) is 17.8. The highest BCUT2D eigenvalue weighted by Gasteiger charge is 2.41. The van der Waals surface area contributed by atoms with Crippen molar-refractivity contribution in [1.82, 2.24) is 20.1 Å². The van der Waals surface area contributed by atoms with Crippen LogP contribution in [-0.2, 0) is 6.42 Å². The van der Waals surface area contributed by atoms with Crippen LogP contribution >= 0.6 is 0 Å². The van der Waals surface area contributed by atoms with E-state index in [1.54, 1.807) is 0 Å².